The molecular weight excluding hydrogens is 212 g/mol. The van der Waals surface area contributed by atoms with Crippen molar-refractivity contribution in [2.45, 2.75) is 12.5 Å². The fourth-order valence-corrected chi connectivity index (χ4v) is 1.84. The fourth-order valence-electron chi connectivity index (χ4n) is 1.84. The van der Waals surface area contributed by atoms with Gasteiger partial charge in [-0.2, -0.15) is 0 Å². The molecule has 0 aliphatic heterocycles. The van der Waals surface area contributed by atoms with E-state index in [1.165, 1.54) is 5.56 Å². The number of aromatic amines is 1. The second kappa shape index (κ2) is 6.18. The first kappa shape index (κ1) is 11.8. The topological polar surface area (TPSA) is 66.7 Å². The van der Waals surface area contributed by atoms with Crippen molar-refractivity contribution >= 4 is 0 Å². The molecule has 0 saturated carbocycles. The minimum Gasteiger partial charge on any atom is -0.347 e. The molecule has 90 valence electrons. The Morgan fingerprint density at radius 1 is 1.29 bits per heavy atom. The standard InChI is InChI=1S/C13H18N4/c14-6-7-15-12(13-16-8-9-17-13)10-11-4-2-1-3-5-11/h1-5,8-9,12,15H,6-7,10,14H2,(H,16,17). The summed E-state index contributed by atoms with van der Waals surface area (Å²) in [5.74, 6) is 0.960. The predicted octanol–water partition coefficient (Wildman–Crippen LogP) is 1.24. The first-order chi connectivity index (χ1) is 8.40. The molecule has 0 fully saturated rings. The summed E-state index contributed by atoms with van der Waals surface area (Å²) in [7, 11) is 0. The molecule has 0 aliphatic rings. The Balaban J connectivity index is 2.06. The molecule has 1 aromatic carbocycles. The number of hydrogen-bond donors (Lipinski definition) is 3. The molecule has 0 amide bonds. The number of aromatic nitrogens is 2. The average Bonchev–Trinajstić information content (AvgIpc) is 2.89. The Morgan fingerprint density at radius 3 is 2.76 bits per heavy atom. The van der Waals surface area contributed by atoms with Gasteiger partial charge in [0, 0.05) is 25.5 Å². The molecule has 1 unspecified atom stereocenters. The third-order valence-electron chi connectivity index (χ3n) is 2.67. The van der Waals surface area contributed by atoms with Gasteiger partial charge in [0.15, 0.2) is 0 Å². The number of rotatable bonds is 6. The molecule has 0 spiro atoms. The number of imidazole rings is 1. The summed E-state index contributed by atoms with van der Waals surface area (Å²) in [6.07, 6.45) is 4.53. The van der Waals surface area contributed by atoms with E-state index in [1.807, 2.05) is 12.3 Å². The molecule has 4 N–H and O–H groups in total. The fraction of sp³-hybridized carbons (Fsp3) is 0.308. The van der Waals surface area contributed by atoms with Crippen molar-refractivity contribution in [1.82, 2.24) is 15.3 Å². The lowest BCUT2D eigenvalue weighted by molar-refractivity contribution is 0.516. The molecule has 4 nitrogen and oxygen atoms in total. The van der Waals surface area contributed by atoms with E-state index in [9.17, 15) is 0 Å². The maximum atomic E-state index is 5.53. The predicted molar refractivity (Wildman–Crippen MR) is 68.5 cm³/mol. The van der Waals surface area contributed by atoms with Gasteiger partial charge < -0.3 is 16.0 Å². The van der Waals surface area contributed by atoms with E-state index in [2.05, 4.69) is 39.6 Å². The molecule has 0 saturated heterocycles. The molecule has 1 heterocycles. The largest absolute Gasteiger partial charge is 0.347 e. The van der Waals surface area contributed by atoms with Gasteiger partial charge in [-0.05, 0) is 12.0 Å². The van der Waals surface area contributed by atoms with Gasteiger partial charge in [-0.1, -0.05) is 30.3 Å². The third-order valence-corrected chi connectivity index (χ3v) is 2.67. The zero-order valence-corrected chi connectivity index (χ0v) is 9.76. The van der Waals surface area contributed by atoms with E-state index < -0.39 is 0 Å². The normalized spacial score (nSPS) is 12.5. The van der Waals surface area contributed by atoms with Gasteiger partial charge in [0.1, 0.15) is 5.82 Å². The molecule has 0 aliphatic carbocycles. The number of nitrogens with two attached hydrogens (primary N) is 1. The Labute approximate surface area is 101 Å². The third kappa shape index (κ3) is 3.41. The van der Waals surface area contributed by atoms with Gasteiger partial charge in [-0.3, -0.25) is 0 Å². The molecule has 2 aromatic rings. The van der Waals surface area contributed by atoms with Crippen LogP contribution in [-0.2, 0) is 6.42 Å². The van der Waals surface area contributed by atoms with Gasteiger partial charge in [0.2, 0.25) is 0 Å². The van der Waals surface area contributed by atoms with E-state index >= 15 is 0 Å². The van der Waals surface area contributed by atoms with Crippen LogP contribution in [0.4, 0.5) is 0 Å². The van der Waals surface area contributed by atoms with E-state index in [0.717, 1.165) is 18.8 Å². The Kier molecular flexibility index (Phi) is 4.30. The van der Waals surface area contributed by atoms with Gasteiger partial charge in [-0.15, -0.1) is 0 Å². The van der Waals surface area contributed by atoms with Crippen LogP contribution in [0.3, 0.4) is 0 Å². The van der Waals surface area contributed by atoms with E-state index in [-0.39, 0.29) is 6.04 Å². The van der Waals surface area contributed by atoms with Crippen LogP contribution in [0.15, 0.2) is 42.7 Å². The second-order valence-corrected chi connectivity index (χ2v) is 3.96. The lowest BCUT2D eigenvalue weighted by Crippen LogP contribution is -2.29. The highest BCUT2D eigenvalue weighted by Gasteiger charge is 2.13. The number of benzene rings is 1. The highest BCUT2D eigenvalue weighted by Crippen LogP contribution is 2.14. The van der Waals surface area contributed by atoms with Crippen molar-refractivity contribution in [2.24, 2.45) is 5.73 Å². The Bertz CT molecular complexity index is 410. The number of nitrogens with one attached hydrogen (secondary N) is 2. The van der Waals surface area contributed by atoms with Crippen molar-refractivity contribution in [3.05, 3.63) is 54.1 Å². The SMILES string of the molecule is NCCNC(Cc1ccccc1)c1ncc[nH]1. The van der Waals surface area contributed by atoms with Crippen LogP contribution >= 0.6 is 0 Å². The molecule has 4 heteroatoms. The smallest absolute Gasteiger partial charge is 0.123 e. The van der Waals surface area contributed by atoms with Crippen LogP contribution in [-0.4, -0.2) is 23.1 Å². The van der Waals surface area contributed by atoms with Crippen LogP contribution in [0.2, 0.25) is 0 Å². The highest BCUT2D eigenvalue weighted by molar-refractivity contribution is 5.17. The summed E-state index contributed by atoms with van der Waals surface area (Å²) >= 11 is 0. The van der Waals surface area contributed by atoms with Crippen LogP contribution in [0.5, 0.6) is 0 Å². The quantitative estimate of drug-likeness (QED) is 0.699. The van der Waals surface area contributed by atoms with Crippen LogP contribution in [0.1, 0.15) is 17.4 Å². The van der Waals surface area contributed by atoms with Crippen LogP contribution < -0.4 is 11.1 Å². The van der Waals surface area contributed by atoms with Crippen molar-refractivity contribution in [3.63, 3.8) is 0 Å². The molecular formula is C13H18N4. The van der Waals surface area contributed by atoms with Gasteiger partial charge in [0.25, 0.3) is 0 Å². The minimum atomic E-state index is 0.191. The second-order valence-electron chi connectivity index (χ2n) is 3.96. The van der Waals surface area contributed by atoms with Crippen molar-refractivity contribution in [1.29, 1.82) is 0 Å². The summed E-state index contributed by atoms with van der Waals surface area (Å²) in [6.45, 7) is 1.42. The molecule has 0 radical (unpaired) electrons. The van der Waals surface area contributed by atoms with Crippen LogP contribution in [0.25, 0.3) is 0 Å². The highest BCUT2D eigenvalue weighted by atomic mass is 15.0. The van der Waals surface area contributed by atoms with Gasteiger partial charge in [0.05, 0.1) is 6.04 Å². The van der Waals surface area contributed by atoms with Crippen molar-refractivity contribution in [2.75, 3.05) is 13.1 Å². The Hall–Kier alpha value is -1.65. The van der Waals surface area contributed by atoms with Crippen LogP contribution in [0, 0.1) is 0 Å². The first-order valence-electron chi connectivity index (χ1n) is 5.87. The zero-order chi connectivity index (χ0) is 11.9. The molecule has 2 rings (SSSR count). The summed E-state index contributed by atoms with van der Waals surface area (Å²) < 4.78 is 0. The number of hydrogen-bond acceptors (Lipinski definition) is 3. The maximum Gasteiger partial charge on any atom is 0.123 e. The summed E-state index contributed by atoms with van der Waals surface area (Å²) in [5.41, 5.74) is 6.82. The summed E-state index contributed by atoms with van der Waals surface area (Å²) in [4.78, 5) is 7.46. The monoisotopic (exact) mass is 230 g/mol. The van der Waals surface area contributed by atoms with Crippen molar-refractivity contribution < 1.29 is 0 Å². The molecule has 17 heavy (non-hydrogen) atoms. The van der Waals surface area contributed by atoms with E-state index in [0.29, 0.717) is 6.54 Å². The maximum absolute atomic E-state index is 5.53. The van der Waals surface area contributed by atoms with Gasteiger partial charge in [-0.25, -0.2) is 4.98 Å². The first-order valence-corrected chi connectivity index (χ1v) is 5.87. The molecule has 1 atom stereocenters. The lowest BCUT2D eigenvalue weighted by atomic mass is 10.1. The van der Waals surface area contributed by atoms with Crippen molar-refractivity contribution in [3.8, 4) is 0 Å². The van der Waals surface area contributed by atoms with E-state index in [1.54, 1.807) is 6.20 Å². The molecule has 1 aromatic heterocycles. The number of nitrogens with zero attached hydrogens (tertiary/aromatic N) is 1. The molecule has 0 bridgehead atoms. The summed E-state index contributed by atoms with van der Waals surface area (Å²) in [6, 6.07) is 10.6. The summed E-state index contributed by atoms with van der Waals surface area (Å²) in [5, 5.41) is 3.40. The Morgan fingerprint density at radius 2 is 2.12 bits per heavy atom. The minimum absolute atomic E-state index is 0.191. The van der Waals surface area contributed by atoms with E-state index in [4.69, 9.17) is 5.73 Å². The van der Waals surface area contributed by atoms with Gasteiger partial charge >= 0.3 is 0 Å². The lowest BCUT2D eigenvalue weighted by Gasteiger charge is -2.16. The average molecular weight is 230 g/mol. The number of H-pyrrole nitrogens is 1. The zero-order valence-electron chi connectivity index (χ0n) is 9.76.